The van der Waals surface area contributed by atoms with Crippen LogP contribution >= 0.6 is 0 Å². The Morgan fingerprint density at radius 1 is 0.387 bits per heavy atom. The Labute approximate surface area is 360 Å². The molecule has 0 N–H and O–H groups in total. The van der Waals surface area contributed by atoms with Gasteiger partial charge in [-0.3, -0.25) is 0 Å². The number of para-hydroxylation sites is 3. The van der Waals surface area contributed by atoms with E-state index in [0.717, 1.165) is 46.0 Å². The lowest BCUT2D eigenvalue weighted by Gasteiger charge is -2.19. The van der Waals surface area contributed by atoms with Gasteiger partial charge in [0.15, 0.2) is 5.82 Å². The van der Waals surface area contributed by atoms with Gasteiger partial charge >= 0.3 is 0 Å². The molecule has 11 aromatic rings. The standard InChI is InChI=1S/C58H40N4/c1-4-16-39(17-5-1)52-38-53(40-18-6-2-7-19-40)60-58(59-52)45-22-14-20-41(34-45)42-21-15-25-47(35-42)62-55-29-13-11-27-49(55)51-37-44(31-33-57(51)62)43-30-32-56-50(36-43)48-26-10-12-28-54(48)61(56)46-23-8-3-9-24-46/h1-19,21-38,41H,20H2. The molecule has 1 aliphatic carbocycles. The second kappa shape index (κ2) is 14.9. The molecule has 1 aliphatic rings. The first-order chi connectivity index (χ1) is 30.7. The van der Waals surface area contributed by atoms with Crippen LogP contribution in [0.25, 0.3) is 94.2 Å². The summed E-state index contributed by atoms with van der Waals surface area (Å²) in [6, 6.07) is 74.0. The van der Waals surface area contributed by atoms with Crippen molar-refractivity contribution in [2.24, 2.45) is 0 Å². The third kappa shape index (κ3) is 6.15. The largest absolute Gasteiger partial charge is 0.309 e. The first-order valence-corrected chi connectivity index (χ1v) is 21.3. The van der Waals surface area contributed by atoms with Gasteiger partial charge in [0.25, 0.3) is 0 Å². The summed E-state index contributed by atoms with van der Waals surface area (Å²) in [7, 11) is 0. The van der Waals surface area contributed by atoms with Crippen LogP contribution in [0.3, 0.4) is 0 Å². The molecule has 1 atom stereocenters. The van der Waals surface area contributed by atoms with Gasteiger partial charge in [0.2, 0.25) is 0 Å². The minimum atomic E-state index is 0.168. The van der Waals surface area contributed by atoms with Gasteiger partial charge in [-0.25, -0.2) is 9.97 Å². The summed E-state index contributed by atoms with van der Waals surface area (Å²) in [6.07, 6.45) is 7.71. The Morgan fingerprint density at radius 2 is 0.887 bits per heavy atom. The molecule has 62 heavy (non-hydrogen) atoms. The summed E-state index contributed by atoms with van der Waals surface area (Å²) in [4.78, 5) is 10.3. The highest BCUT2D eigenvalue weighted by atomic mass is 15.0. The predicted molar refractivity (Wildman–Crippen MR) is 258 cm³/mol. The van der Waals surface area contributed by atoms with Gasteiger partial charge in [0, 0.05) is 55.5 Å². The van der Waals surface area contributed by atoms with Crippen LogP contribution in [0.2, 0.25) is 0 Å². The van der Waals surface area contributed by atoms with Crippen LogP contribution in [0.15, 0.2) is 224 Å². The fourth-order valence-corrected chi connectivity index (χ4v) is 9.49. The number of fused-ring (bicyclic) bond motifs is 6. The van der Waals surface area contributed by atoms with E-state index < -0.39 is 0 Å². The van der Waals surface area contributed by atoms with Crippen LogP contribution in [0.1, 0.15) is 23.7 Å². The lowest BCUT2D eigenvalue weighted by atomic mass is 9.89. The lowest BCUT2D eigenvalue weighted by Crippen LogP contribution is -2.04. The van der Waals surface area contributed by atoms with E-state index in [-0.39, 0.29) is 5.92 Å². The summed E-state index contributed by atoms with van der Waals surface area (Å²) in [5.41, 5.74) is 15.8. The fourth-order valence-electron chi connectivity index (χ4n) is 9.49. The van der Waals surface area contributed by atoms with Gasteiger partial charge in [-0.15, -0.1) is 0 Å². The molecule has 4 nitrogen and oxygen atoms in total. The van der Waals surface area contributed by atoms with Gasteiger partial charge in [-0.05, 0) is 89.8 Å². The lowest BCUT2D eigenvalue weighted by molar-refractivity contribution is 0.853. The van der Waals surface area contributed by atoms with E-state index in [1.54, 1.807) is 0 Å². The molecule has 3 aromatic heterocycles. The zero-order valence-corrected chi connectivity index (χ0v) is 33.9. The van der Waals surface area contributed by atoms with Crippen molar-refractivity contribution in [2.75, 3.05) is 0 Å². The summed E-state index contributed by atoms with van der Waals surface area (Å²) in [6.45, 7) is 0. The van der Waals surface area contributed by atoms with E-state index in [4.69, 9.17) is 9.97 Å². The fraction of sp³-hybridized carbons (Fsp3) is 0.0345. The number of hydrogen-bond donors (Lipinski definition) is 0. The third-order valence-corrected chi connectivity index (χ3v) is 12.4. The summed E-state index contributed by atoms with van der Waals surface area (Å²) < 4.78 is 4.80. The van der Waals surface area contributed by atoms with Gasteiger partial charge in [-0.2, -0.15) is 0 Å². The Morgan fingerprint density at radius 3 is 1.48 bits per heavy atom. The second-order valence-corrected chi connectivity index (χ2v) is 16.2. The van der Waals surface area contributed by atoms with E-state index >= 15 is 0 Å². The Hall–Kier alpha value is -8.08. The Bertz CT molecular complexity index is 3480. The number of rotatable bonds is 7. The van der Waals surface area contributed by atoms with Crippen LogP contribution < -0.4 is 0 Å². The smallest absolute Gasteiger partial charge is 0.160 e. The molecule has 0 radical (unpaired) electrons. The molecule has 0 aliphatic heterocycles. The molecule has 0 fully saturated rings. The Balaban J connectivity index is 0.930. The van der Waals surface area contributed by atoms with Crippen LogP contribution in [-0.4, -0.2) is 19.1 Å². The van der Waals surface area contributed by atoms with Crippen LogP contribution in [0.5, 0.6) is 0 Å². The highest BCUT2D eigenvalue weighted by Gasteiger charge is 2.20. The maximum Gasteiger partial charge on any atom is 0.160 e. The molecule has 12 rings (SSSR count). The van der Waals surface area contributed by atoms with Gasteiger partial charge in [0.05, 0.1) is 33.5 Å². The van der Waals surface area contributed by atoms with Gasteiger partial charge in [0.1, 0.15) is 0 Å². The van der Waals surface area contributed by atoms with Crippen LogP contribution in [0.4, 0.5) is 0 Å². The van der Waals surface area contributed by atoms with E-state index in [0.29, 0.717) is 0 Å². The summed E-state index contributed by atoms with van der Waals surface area (Å²) in [5.74, 6) is 0.906. The number of allylic oxidation sites excluding steroid dienone is 4. The van der Waals surface area contributed by atoms with Crippen LogP contribution in [-0.2, 0) is 0 Å². The summed E-state index contributed by atoms with van der Waals surface area (Å²) in [5, 5.41) is 4.99. The average Bonchev–Trinajstić information content (AvgIpc) is 3.87. The second-order valence-electron chi connectivity index (χ2n) is 16.2. The van der Waals surface area contributed by atoms with E-state index in [1.165, 1.54) is 66.0 Å². The van der Waals surface area contributed by atoms with Crippen molar-refractivity contribution < 1.29 is 0 Å². The Kier molecular flexibility index (Phi) is 8.60. The predicted octanol–water partition coefficient (Wildman–Crippen LogP) is 14.8. The first kappa shape index (κ1) is 35.8. The van der Waals surface area contributed by atoms with Gasteiger partial charge in [-0.1, -0.05) is 158 Å². The minimum Gasteiger partial charge on any atom is -0.309 e. The van der Waals surface area contributed by atoms with Crippen molar-refractivity contribution in [1.29, 1.82) is 0 Å². The maximum absolute atomic E-state index is 5.14. The maximum atomic E-state index is 5.14. The molecule has 0 amide bonds. The molecule has 4 heteroatoms. The van der Waals surface area contributed by atoms with E-state index in [9.17, 15) is 0 Å². The molecule has 0 spiro atoms. The van der Waals surface area contributed by atoms with Crippen LogP contribution in [0, 0.1) is 0 Å². The zero-order chi connectivity index (χ0) is 41.0. The topological polar surface area (TPSA) is 35.6 Å². The van der Waals surface area contributed by atoms with E-state index in [2.05, 4.69) is 221 Å². The van der Waals surface area contributed by atoms with Crippen molar-refractivity contribution in [3.05, 3.63) is 236 Å². The molecular formula is C58H40N4. The molecule has 8 aromatic carbocycles. The molecule has 292 valence electrons. The average molecular weight is 793 g/mol. The highest BCUT2D eigenvalue weighted by molar-refractivity contribution is 6.12. The van der Waals surface area contributed by atoms with Crippen molar-refractivity contribution in [3.63, 3.8) is 0 Å². The third-order valence-electron chi connectivity index (χ3n) is 12.4. The van der Waals surface area contributed by atoms with Crippen molar-refractivity contribution >= 4 is 49.2 Å². The monoisotopic (exact) mass is 792 g/mol. The number of aromatic nitrogens is 4. The SMILES string of the molecule is C1=CC(c2nc(-c3ccccc3)cc(-c3ccccc3)n2)=CC(c2cccc(-n3c4ccccc4c4cc(-c5ccc6c(c5)c5ccccc5n6-c5ccccc5)ccc43)c2)C1. The quantitative estimate of drug-likeness (QED) is 0.161. The molecular weight excluding hydrogens is 753 g/mol. The normalized spacial score (nSPS) is 13.9. The van der Waals surface area contributed by atoms with Crippen molar-refractivity contribution in [3.8, 4) is 45.0 Å². The summed E-state index contributed by atoms with van der Waals surface area (Å²) >= 11 is 0. The molecule has 0 bridgehead atoms. The molecule has 0 saturated carbocycles. The number of hydrogen-bond acceptors (Lipinski definition) is 2. The van der Waals surface area contributed by atoms with Gasteiger partial charge < -0.3 is 9.13 Å². The molecule has 3 heterocycles. The highest BCUT2D eigenvalue weighted by Crippen LogP contribution is 2.39. The molecule has 0 saturated heterocycles. The number of nitrogens with zero attached hydrogens (tertiary/aromatic N) is 4. The zero-order valence-electron chi connectivity index (χ0n) is 33.9. The van der Waals surface area contributed by atoms with Crippen molar-refractivity contribution in [2.45, 2.75) is 12.3 Å². The van der Waals surface area contributed by atoms with Crippen molar-refractivity contribution in [1.82, 2.24) is 19.1 Å². The van der Waals surface area contributed by atoms with E-state index in [1.807, 2.05) is 12.1 Å². The number of benzene rings is 8. The minimum absolute atomic E-state index is 0.168. The first-order valence-electron chi connectivity index (χ1n) is 21.3. The molecule has 1 unspecified atom stereocenters.